The summed E-state index contributed by atoms with van der Waals surface area (Å²) in [5, 5.41) is 0. The Morgan fingerprint density at radius 2 is 2.23 bits per heavy atom. The molecule has 1 aromatic rings. The molecule has 0 aromatic heterocycles. The van der Waals surface area contributed by atoms with Crippen molar-refractivity contribution in [2.75, 3.05) is 5.75 Å². The lowest BCUT2D eigenvalue weighted by atomic mass is 10.3. The SMILES string of the molecule is CCSC1=Nc2ccccc2S1=O. The van der Waals surface area contributed by atoms with Gasteiger partial charge in [-0.15, -0.1) is 0 Å². The third-order valence-corrected chi connectivity index (χ3v) is 4.29. The Bertz CT molecular complexity index is 387. The standard InChI is InChI=1S/C9H9NOS2/c1-2-12-9-10-7-5-3-4-6-8(7)13(9)11/h3-6H,2H2,1H3. The van der Waals surface area contributed by atoms with Gasteiger partial charge in [0.2, 0.25) is 0 Å². The number of hydrogen-bond donors (Lipinski definition) is 0. The normalized spacial score (nSPS) is 19.8. The quantitative estimate of drug-likeness (QED) is 0.668. The van der Waals surface area contributed by atoms with Crippen LogP contribution in [0.5, 0.6) is 0 Å². The van der Waals surface area contributed by atoms with Gasteiger partial charge in [0, 0.05) is 0 Å². The molecule has 0 radical (unpaired) electrons. The van der Waals surface area contributed by atoms with Crippen LogP contribution in [0.1, 0.15) is 6.92 Å². The molecule has 1 heterocycles. The van der Waals surface area contributed by atoms with Crippen molar-refractivity contribution < 1.29 is 4.21 Å². The van der Waals surface area contributed by atoms with Gasteiger partial charge in [0.05, 0.1) is 10.6 Å². The van der Waals surface area contributed by atoms with Crippen LogP contribution in [0.15, 0.2) is 34.2 Å². The summed E-state index contributed by atoms with van der Waals surface area (Å²) in [5.41, 5.74) is 0.858. The molecule has 0 aliphatic carbocycles. The Morgan fingerprint density at radius 1 is 1.46 bits per heavy atom. The van der Waals surface area contributed by atoms with Gasteiger partial charge in [-0.05, 0) is 17.9 Å². The first-order valence-corrected chi connectivity index (χ1v) is 6.18. The van der Waals surface area contributed by atoms with Gasteiger partial charge >= 0.3 is 0 Å². The van der Waals surface area contributed by atoms with E-state index in [9.17, 15) is 4.21 Å². The lowest BCUT2D eigenvalue weighted by Crippen LogP contribution is -1.97. The van der Waals surface area contributed by atoms with Crippen LogP contribution in [-0.2, 0) is 10.8 Å². The van der Waals surface area contributed by atoms with Crippen molar-refractivity contribution in [2.45, 2.75) is 11.8 Å². The second-order valence-electron chi connectivity index (χ2n) is 2.55. The van der Waals surface area contributed by atoms with E-state index in [1.54, 1.807) is 11.8 Å². The smallest absolute Gasteiger partial charge is 0.166 e. The maximum absolute atomic E-state index is 11.7. The van der Waals surface area contributed by atoms with Gasteiger partial charge in [0.1, 0.15) is 10.8 Å². The minimum absolute atomic E-state index is 0.740. The molecular formula is C9H9NOS2. The molecule has 0 fully saturated rings. The van der Waals surface area contributed by atoms with E-state index in [1.807, 2.05) is 31.2 Å². The summed E-state index contributed by atoms with van der Waals surface area (Å²) >= 11 is 1.55. The van der Waals surface area contributed by atoms with Crippen molar-refractivity contribution in [1.82, 2.24) is 0 Å². The monoisotopic (exact) mass is 211 g/mol. The highest BCUT2D eigenvalue weighted by molar-refractivity contribution is 8.33. The molecule has 68 valence electrons. The molecule has 0 N–H and O–H groups in total. The predicted molar refractivity (Wildman–Crippen MR) is 58.1 cm³/mol. The van der Waals surface area contributed by atoms with Gasteiger partial charge in [-0.2, -0.15) is 0 Å². The Balaban J connectivity index is 2.39. The van der Waals surface area contributed by atoms with Crippen LogP contribution in [0.25, 0.3) is 0 Å². The van der Waals surface area contributed by atoms with Crippen molar-refractivity contribution in [2.24, 2.45) is 4.99 Å². The highest BCUT2D eigenvalue weighted by Gasteiger charge is 2.21. The number of fused-ring (bicyclic) bond motifs is 1. The molecule has 1 unspecified atom stereocenters. The van der Waals surface area contributed by atoms with Crippen LogP contribution in [0.3, 0.4) is 0 Å². The molecule has 2 rings (SSSR count). The Morgan fingerprint density at radius 3 is 2.92 bits per heavy atom. The number of aliphatic imine (C=N–C) groups is 1. The van der Waals surface area contributed by atoms with Gasteiger partial charge < -0.3 is 0 Å². The number of hydrogen-bond acceptors (Lipinski definition) is 3. The Hall–Kier alpha value is -0.610. The largest absolute Gasteiger partial charge is 0.247 e. The zero-order valence-corrected chi connectivity index (χ0v) is 8.82. The molecule has 4 heteroatoms. The second kappa shape index (κ2) is 3.64. The first-order valence-electron chi connectivity index (χ1n) is 4.05. The average molecular weight is 211 g/mol. The molecule has 0 bridgehead atoms. The minimum Gasteiger partial charge on any atom is -0.247 e. The van der Waals surface area contributed by atoms with Crippen LogP contribution < -0.4 is 0 Å². The fourth-order valence-corrected chi connectivity index (χ4v) is 3.49. The molecule has 2 nitrogen and oxygen atoms in total. The summed E-state index contributed by atoms with van der Waals surface area (Å²) in [6, 6.07) is 7.58. The molecule has 0 amide bonds. The molecule has 0 spiro atoms. The fourth-order valence-electron chi connectivity index (χ4n) is 1.15. The maximum atomic E-state index is 11.7. The van der Waals surface area contributed by atoms with Gasteiger partial charge in [0.25, 0.3) is 0 Å². The van der Waals surface area contributed by atoms with E-state index in [0.717, 1.165) is 20.7 Å². The summed E-state index contributed by atoms with van der Waals surface area (Å²) in [4.78, 5) is 5.15. The average Bonchev–Trinajstić information content (AvgIpc) is 2.46. The lowest BCUT2D eigenvalue weighted by Gasteiger charge is -1.94. The van der Waals surface area contributed by atoms with E-state index < -0.39 is 10.8 Å². The molecule has 1 aliphatic heterocycles. The fraction of sp³-hybridized carbons (Fsp3) is 0.222. The topological polar surface area (TPSA) is 29.4 Å². The summed E-state index contributed by atoms with van der Waals surface area (Å²) in [5.74, 6) is 0.915. The van der Waals surface area contributed by atoms with Crippen molar-refractivity contribution in [3.05, 3.63) is 24.3 Å². The molecule has 0 saturated heterocycles. The molecular weight excluding hydrogens is 202 g/mol. The summed E-state index contributed by atoms with van der Waals surface area (Å²) in [6.45, 7) is 2.04. The predicted octanol–water partition coefficient (Wildman–Crippen LogP) is 2.55. The maximum Gasteiger partial charge on any atom is 0.166 e. The minimum atomic E-state index is -1.02. The van der Waals surface area contributed by atoms with Gasteiger partial charge in [-0.1, -0.05) is 30.8 Å². The van der Waals surface area contributed by atoms with E-state index in [4.69, 9.17) is 0 Å². The van der Waals surface area contributed by atoms with E-state index >= 15 is 0 Å². The number of rotatable bonds is 1. The number of nitrogens with zero attached hydrogens (tertiary/aromatic N) is 1. The highest BCUT2D eigenvalue weighted by Crippen LogP contribution is 2.33. The van der Waals surface area contributed by atoms with E-state index in [2.05, 4.69) is 4.99 Å². The van der Waals surface area contributed by atoms with E-state index in [1.165, 1.54) is 0 Å². The van der Waals surface area contributed by atoms with Crippen molar-refractivity contribution in [3.8, 4) is 0 Å². The molecule has 1 aromatic carbocycles. The third-order valence-electron chi connectivity index (χ3n) is 1.70. The number of thioether (sulfide) groups is 1. The van der Waals surface area contributed by atoms with E-state index in [-0.39, 0.29) is 0 Å². The summed E-state index contributed by atoms with van der Waals surface area (Å²) in [6.07, 6.45) is 0. The van der Waals surface area contributed by atoms with Crippen LogP contribution >= 0.6 is 11.8 Å². The first kappa shape index (κ1) is 8.97. The summed E-state index contributed by atoms with van der Waals surface area (Å²) in [7, 11) is -1.02. The zero-order valence-electron chi connectivity index (χ0n) is 7.19. The third kappa shape index (κ3) is 1.56. The van der Waals surface area contributed by atoms with Gasteiger partial charge in [-0.25, -0.2) is 9.20 Å². The van der Waals surface area contributed by atoms with Crippen molar-refractivity contribution >= 4 is 32.6 Å². The summed E-state index contributed by atoms with van der Waals surface area (Å²) < 4.78 is 12.5. The molecule has 13 heavy (non-hydrogen) atoms. The van der Waals surface area contributed by atoms with Gasteiger partial charge in [-0.3, -0.25) is 0 Å². The molecule has 1 atom stereocenters. The van der Waals surface area contributed by atoms with Crippen molar-refractivity contribution in [1.29, 1.82) is 0 Å². The number of benzene rings is 1. The molecule has 0 saturated carbocycles. The van der Waals surface area contributed by atoms with Gasteiger partial charge in [0.15, 0.2) is 4.38 Å². The van der Waals surface area contributed by atoms with Crippen LogP contribution in [0, 0.1) is 0 Å². The zero-order chi connectivity index (χ0) is 9.26. The highest BCUT2D eigenvalue weighted by atomic mass is 32.2. The van der Waals surface area contributed by atoms with E-state index in [0.29, 0.717) is 0 Å². The molecule has 1 aliphatic rings. The Kier molecular flexibility index (Phi) is 2.51. The van der Waals surface area contributed by atoms with Crippen LogP contribution in [-0.4, -0.2) is 14.3 Å². The lowest BCUT2D eigenvalue weighted by molar-refractivity contribution is 0.691. The second-order valence-corrected chi connectivity index (χ2v) is 5.42. The van der Waals surface area contributed by atoms with Crippen molar-refractivity contribution in [3.63, 3.8) is 0 Å². The Labute approximate surface area is 83.9 Å². The first-order chi connectivity index (χ1) is 6.33. The van der Waals surface area contributed by atoms with Crippen LogP contribution in [0.2, 0.25) is 0 Å². The van der Waals surface area contributed by atoms with Crippen LogP contribution in [0.4, 0.5) is 5.69 Å². The number of para-hydroxylation sites is 1.